The van der Waals surface area contributed by atoms with Crippen molar-refractivity contribution >= 4 is 25.1 Å². The van der Waals surface area contributed by atoms with Gasteiger partial charge in [-0.05, 0) is 29.8 Å². The van der Waals surface area contributed by atoms with Crippen molar-refractivity contribution < 1.29 is 13.9 Å². The van der Waals surface area contributed by atoms with E-state index in [1.807, 2.05) is 30.3 Å². The van der Waals surface area contributed by atoms with Gasteiger partial charge in [0, 0.05) is 39.5 Å². The molecule has 3 heterocycles. The minimum Gasteiger partial charge on any atom is -0.408 e. The van der Waals surface area contributed by atoms with Gasteiger partial charge in [-0.3, -0.25) is 9.78 Å². The molecule has 0 N–H and O–H groups in total. The molecular formula is C21H25N3O4Si. The summed E-state index contributed by atoms with van der Waals surface area (Å²) < 4.78 is 12.6. The topological polar surface area (TPSA) is 77.6 Å². The van der Waals surface area contributed by atoms with Crippen molar-refractivity contribution in [1.82, 2.24) is 14.5 Å². The third-order valence-corrected chi connectivity index (χ3v) is 6.77. The Bertz CT molecular complexity index is 1110. The summed E-state index contributed by atoms with van der Waals surface area (Å²) in [7, 11) is -1.17. The van der Waals surface area contributed by atoms with Crippen LogP contribution in [0.1, 0.15) is 21.6 Å². The zero-order chi connectivity index (χ0) is 20.6. The Morgan fingerprint density at radius 1 is 1.21 bits per heavy atom. The van der Waals surface area contributed by atoms with E-state index < -0.39 is 13.8 Å². The Balaban J connectivity index is 1.47. The highest BCUT2D eigenvalue weighted by Crippen LogP contribution is 2.24. The Morgan fingerprint density at radius 2 is 2.03 bits per heavy atom. The summed E-state index contributed by atoms with van der Waals surface area (Å²) in [5, 5.41) is 0. The number of oxazole rings is 1. The predicted octanol–water partition coefficient (Wildman–Crippen LogP) is 3.46. The van der Waals surface area contributed by atoms with E-state index in [0.29, 0.717) is 36.5 Å². The maximum absolute atomic E-state index is 12.5. The lowest BCUT2D eigenvalue weighted by Crippen LogP contribution is -2.23. The fourth-order valence-corrected chi connectivity index (χ4v) is 4.16. The first-order valence-corrected chi connectivity index (χ1v) is 13.5. The Hall–Kier alpha value is -2.71. The van der Waals surface area contributed by atoms with E-state index in [1.54, 1.807) is 11.1 Å². The molecule has 152 valence electrons. The van der Waals surface area contributed by atoms with Gasteiger partial charge in [-0.25, -0.2) is 9.36 Å². The molecule has 1 aromatic carbocycles. The van der Waals surface area contributed by atoms with Gasteiger partial charge >= 0.3 is 5.76 Å². The summed E-state index contributed by atoms with van der Waals surface area (Å²) in [6.07, 6.45) is 1.63. The molecule has 1 aliphatic heterocycles. The lowest BCUT2D eigenvalue weighted by Gasteiger charge is -2.15. The van der Waals surface area contributed by atoms with Crippen LogP contribution in [0.5, 0.6) is 0 Å². The molecule has 0 spiro atoms. The van der Waals surface area contributed by atoms with E-state index in [0.717, 1.165) is 17.2 Å². The number of benzene rings is 1. The van der Waals surface area contributed by atoms with Gasteiger partial charge in [0.15, 0.2) is 5.58 Å². The van der Waals surface area contributed by atoms with Gasteiger partial charge in [0.1, 0.15) is 12.4 Å². The smallest absolute Gasteiger partial charge is 0.408 e. The Kier molecular flexibility index (Phi) is 5.14. The normalized spacial score (nSPS) is 14.0. The number of pyridine rings is 1. The van der Waals surface area contributed by atoms with Crippen LogP contribution in [-0.4, -0.2) is 35.0 Å². The van der Waals surface area contributed by atoms with Crippen LogP contribution in [0.4, 0.5) is 0 Å². The maximum atomic E-state index is 12.5. The minimum absolute atomic E-state index is 0.0736. The third-order valence-electron chi connectivity index (χ3n) is 5.07. The van der Waals surface area contributed by atoms with Gasteiger partial charge in [0.05, 0.1) is 5.52 Å². The Morgan fingerprint density at radius 3 is 2.79 bits per heavy atom. The molecule has 1 aliphatic rings. The minimum atomic E-state index is -1.17. The number of hydrogen-bond donors (Lipinski definition) is 0. The van der Waals surface area contributed by atoms with Gasteiger partial charge < -0.3 is 14.1 Å². The molecule has 0 radical (unpaired) electrons. The summed E-state index contributed by atoms with van der Waals surface area (Å²) in [5.41, 5.74) is 3.56. The predicted molar refractivity (Wildman–Crippen MR) is 112 cm³/mol. The zero-order valence-corrected chi connectivity index (χ0v) is 18.0. The van der Waals surface area contributed by atoms with Crippen molar-refractivity contribution in [3.63, 3.8) is 0 Å². The van der Waals surface area contributed by atoms with Crippen LogP contribution in [0.25, 0.3) is 11.1 Å². The number of rotatable bonds is 7. The molecule has 2 aromatic heterocycles. The molecule has 0 fully saturated rings. The molecule has 0 saturated heterocycles. The first-order valence-electron chi connectivity index (χ1n) is 9.75. The largest absolute Gasteiger partial charge is 0.421 e. The first kappa shape index (κ1) is 19.6. The van der Waals surface area contributed by atoms with Gasteiger partial charge in [0.25, 0.3) is 5.91 Å². The molecule has 1 amide bonds. The average Bonchev–Trinajstić information content (AvgIpc) is 3.14. The van der Waals surface area contributed by atoms with Crippen molar-refractivity contribution in [2.24, 2.45) is 0 Å². The van der Waals surface area contributed by atoms with Crippen molar-refractivity contribution in [2.45, 2.75) is 45.5 Å². The summed E-state index contributed by atoms with van der Waals surface area (Å²) in [4.78, 5) is 30.7. The molecule has 0 bridgehead atoms. The number of carbonyl (C=O) groups is 1. The van der Waals surface area contributed by atoms with Crippen molar-refractivity contribution in [2.75, 3.05) is 6.61 Å². The molecule has 8 heteroatoms. The standard InChI is InChI=1S/C21H25N3O4Si/c1-29(2,3)10-9-27-14-24-17-7-6-15(11-18(17)28-21(24)26)12-23-13-16-5-4-8-22-19(16)20(23)25/h4-8,11H,9-10,12-14H2,1-3H3. The SMILES string of the molecule is C[Si](C)(C)CCOCn1c(=O)oc2cc(CN3Cc4cccnc4C3=O)ccc21. The number of nitrogens with zero attached hydrogens (tertiary/aromatic N) is 3. The van der Waals surface area contributed by atoms with Crippen LogP contribution < -0.4 is 5.76 Å². The number of hydrogen-bond acceptors (Lipinski definition) is 5. The van der Waals surface area contributed by atoms with Crippen molar-refractivity contribution in [3.05, 3.63) is 63.9 Å². The van der Waals surface area contributed by atoms with Gasteiger partial charge in [-0.2, -0.15) is 0 Å². The Labute approximate surface area is 169 Å². The van der Waals surface area contributed by atoms with Crippen molar-refractivity contribution in [1.29, 1.82) is 0 Å². The summed E-state index contributed by atoms with van der Waals surface area (Å²) in [6.45, 7) is 8.66. The number of aromatic nitrogens is 2. The fourth-order valence-electron chi connectivity index (χ4n) is 3.40. The summed E-state index contributed by atoms with van der Waals surface area (Å²) >= 11 is 0. The number of fused-ring (bicyclic) bond motifs is 2. The van der Waals surface area contributed by atoms with Gasteiger partial charge in [-0.15, -0.1) is 0 Å². The maximum Gasteiger partial charge on any atom is 0.421 e. The zero-order valence-electron chi connectivity index (χ0n) is 17.0. The number of amides is 1. The lowest BCUT2D eigenvalue weighted by atomic mass is 10.2. The molecule has 29 heavy (non-hydrogen) atoms. The van der Waals surface area contributed by atoms with Gasteiger partial charge in [-0.1, -0.05) is 31.8 Å². The number of ether oxygens (including phenoxy) is 1. The first-order chi connectivity index (χ1) is 13.8. The van der Waals surface area contributed by atoms with E-state index in [-0.39, 0.29) is 12.6 Å². The second-order valence-corrected chi connectivity index (χ2v) is 14.2. The molecule has 3 aromatic rings. The summed E-state index contributed by atoms with van der Waals surface area (Å²) in [5.74, 6) is -0.505. The van der Waals surface area contributed by atoms with Crippen LogP contribution >= 0.6 is 0 Å². The van der Waals surface area contributed by atoms with E-state index in [4.69, 9.17) is 9.15 Å². The lowest BCUT2D eigenvalue weighted by molar-refractivity contribution is 0.0762. The molecule has 4 rings (SSSR count). The molecule has 0 aliphatic carbocycles. The molecule has 0 atom stereocenters. The van der Waals surface area contributed by atoms with Crippen LogP contribution in [0.3, 0.4) is 0 Å². The van der Waals surface area contributed by atoms with Crippen LogP contribution in [0.15, 0.2) is 45.7 Å². The highest BCUT2D eigenvalue weighted by Gasteiger charge is 2.28. The second-order valence-electron chi connectivity index (χ2n) is 8.62. The summed E-state index contributed by atoms with van der Waals surface area (Å²) in [6, 6.07) is 10.4. The van der Waals surface area contributed by atoms with Crippen LogP contribution in [-0.2, 0) is 24.6 Å². The fraction of sp³-hybridized carbons (Fsp3) is 0.381. The molecule has 0 saturated carbocycles. The number of carbonyl (C=O) groups excluding carboxylic acids is 1. The van der Waals surface area contributed by atoms with Crippen LogP contribution in [0, 0.1) is 0 Å². The monoisotopic (exact) mass is 411 g/mol. The quantitative estimate of drug-likeness (QED) is 0.439. The van der Waals surface area contributed by atoms with Gasteiger partial charge in [0.2, 0.25) is 0 Å². The van der Waals surface area contributed by atoms with Crippen molar-refractivity contribution in [3.8, 4) is 0 Å². The third kappa shape index (κ3) is 4.18. The van der Waals surface area contributed by atoms with E-state index in [9.17, 15) is 9.59 Å². The highest BCUT2D eigenvalue weighted by atomic mass is 28.3. The average molecular weight is 412 g/mol. The van der Waals surface area contributed by atoms with E-state index in [1.165, 1.54) is 4.57 Å². The molecule has 7 nitrogen and oxygen atoms in total. The van der Waals surface area contributed by atoms with E-state index in [2.05, 4.69) is 24.6 Å². The van der Waals surface area contributed by atoms with Crippen LogP contribution in [0.2, 0.25) is 25.7 Å². The highest BCUT2D eigenvalue weighted by molar-refractivity contribution is 6.76. The van der Waals surface area contributed by atoms with E-state index >= 15 is 0 Å². The molecule has 0 unspecified atom stereocenters. The molecular weight excluding hydrogens is 386 g/mol. The second kappa shape index (κ2) is 7.60.